The lowest BCUT2D eigenvalue weighted by Gasteiger charge is -2.22. The SMILES string of the molecule is CC(=N)NCCSC[C@H](N)C(=O)N(C(C)=O)c1ccncc1. The molecule has 1 atom stereocenters. The topological polar surface area (TPSA) is 112 Å². The summed E-state index contributed by atoms with van der Waals surface area (Å²) in [4.78, 5) is 29.0. The Bertz CT molecular complexity index is 523. The van der Waals surface area contributed by atoms with E-state index in [1.54, 1.807) is 19.1 Å². The van der Waals surface area contributed by atoms with E-state index in [9.17, 15) is 9.59 Å². The second-order valence-corrected chi connectivity index (χ2v) is 5.78. The average molecular weight is 323 g/mol. The van der Waals surface area contributed by atoms with Gasteiger partial charge < -0.3 is 11.1 Å². The van der Waals surface area contributed by atoms with Crippen molar-refractivity contribution in [2.45, 2.75) is 19.9 Å². The van der Waals surface area contributed by atoms with Crippen LogP contribution >= 0.6 is 11.8 Å². The number of nitrogens with one attached hydrogen (secondary N) is 2. The van der Waals surface area contributed by atoms with Crippen LogP contribution in [-0.4, -0.2) is 46.7 Å². The van der Waals surface area contributed by atoms with Crippen molar-refractivity contribution in [3.63, 3.8) is 0 Å². The third-order valence-electron chi connectivity index (χ3n) is 2.71. The Hall–Kier alpha value is -1.93. The van der Waals surface area contributed by atoms with Gasteiger partial charge in [0.2, 0.25) is 5.91 Å². The zero-order chi connectivity index (χ0) is 16.5. The second-order valence-electron chi connectivity index (χ2n) is 4.63. The quantitative estimate of drug-likeness (QED) is 0.385. The number of rotatable bonds is 7. The molecule has 2 amide bonds. The number of thioether (sulfide) groups is 1. The summed E-state index contributed by atoms with van der Waals surface area (Å²) in [5.74, 6) is 0.737. The molecular weight excluding hydrogens is 302 g/mol. The van der Waals surface area contributed by atoms with E-state index >= 15 is 0 Å². The van der Waals surface area contributed by atoms with Crippen molar-refractivity contribution in [3.8, 4) is 0 Å². The lowest BCUT2D eigenvalue weighted by molar-refractivity contribution is -0.125. The first-order valence-electron chi connectivity index (χ1n) is 6.80. The number of nitrogens with two attached hydrogens (primary N) is 1. The van der Waals surface area contributed by atoms with Crippen LogP contribution in [0.15, 0.2) is 24.5 Å². The van der Waals surface area contributed by atoms with E-state index in [1.807, 2.05) is 0 Å². The molecule has 0 aliphatic rings. The molecule has 0 fully saturated rings. The average Bonchev–Trinajstić information content (AvgIpc) is 2.47. The molecule has 22 heavy (non-hydrogen) atoms. The maximum absolute atomic E-state index is 12.4. The van der Waals surface area contributed by atoms with Gasteiger partial charge in [-0.05, 0) is 19.1 Å². The second kappa shape index (κ2) is 9.16. The van der Waals surface area contributed by atoms with Crippen molar-refractivity contribution < 1.29 is 9.59 Å². The summed E-state index contributed by atoms with van der Waals surface area (Å²) >= 11 is 1.50. The summed E-state index contributed by atoms with van der Waals surface area (Å²) in [5.41, 5.74) is 6.36. The first-order valence-corrected chi connectivity index (χ1v) is 7.96. The molecule has 0 radical (unpaired) electrons. The van der Waals surface area contributed by atoms with Crippen LogP contribution in [0.1, 0.15) is 13.8 Å². The van der Waals surface area contributed by atoms with E-state index in [-0.39, 0.29) is 5.91 Å². The molecule has 0 saturated carbocycles. The largest absolute Gasteiger partial charge is 0.373 e. The van der Waals surface area contributed by atoms with Crippen molar-refractivity contribution in [2.24, 2.45) is 5.73 Å². The van der Waals surface area contributed by atoms with Crippen LogP contribution in [0.4, 0.5) is 5.69 Å². The van der Waals surface area contributed by atoms with Gasteiger partial charge in [-0.2, -0.15) is 11.8 Å². The van der Waals surface area contributed by atoms with E-state index in [1.165, 1.54) is 31.1 Å². The molecule has 0 aliphatic carbocycles. The monoisotopic (exact) mass is 323 g/mol. The maximum Gasteiger partial charge on any atom is 0.251 e. The lowest BCUT2D eigenvalue weighted by atomic mass is 10.2. The van der Waals surface area contributed by atoms with Gasteiger partial charge in [-0.25, -0.2) is 4.90 Å². The number of carbonyl (C=O) groups excluding carboxylic acids is 2. The van der Waals surface area contributed by atoms with Crippen LogP contribution in [0, 0.1) is 5.41 Å². The van der Waals surface area contributed by atoms with Gasteiger partial charge in [0, 0.05) is 37.4 Å². The third kappa shape index (κ3) is 5.82. The van der Waals surface area contributed by atoms with Gasteiger partial charge in [-0.1, -0.05) is 0 Å². The summed E-state index contributed by atoms with van der Waals surface area (Å²) < 4.78 is 0. The number of hydrogen-bond acceptors (Lipinski definition) is 6. The third-order valence-corrected chi connectivity index (χ3v) is 3.79. The van der Waals surface area contributed by atoms with E-state index in [0.29, 0.717) is 23.8 Å². The molecular formula is C14H21N5O2S. The molecule has 0 aliphatic heterocycles. The van der Waals surface area contributed by atoms with Crippen LogP contribution < -0.4 is 16.0 Å². The van der Waals surface area contributed by atoms with E-state index in [4.69, 9.17) is 11.1 Å². The molecule has 0 bridgehead atoms. The van der Waals surface area contributed by atoms with Gasteiger partial charge in [-0.15, -0.1) is 0 Å². The molecule has 0 saturated heterocycles. The van der Waals surface area contributed by atoms with Crippen LogP contribution in [0.3, 0.4) is 0 Å². The van der Waals surface area contributed by atoms with Crippen LogP contribution in [0.2, 0.25) is 0 Å². The highest BCUT2D eigenvalue weighted by molar-refractivity contribution is 7.99. The van der Waals surface area contributed by atoms with Gasteiger partial charge in [0.1, 0.15) is 0 Å². The van der Waals surface area contributed by atoms with Crippen molar-refractivity contribution in [2.75, 3.05) is 23.0 Å². The molecule has 7 nitrogen and oxygen atoms in total. The molecule has 0 spiro atoms. The highest BCUT2D eigenvalue weighted by Gasteiger charge is 2.25. The zero-order valence-corrected chi connectivity index (χ0v) is 13.5. The Balaban J connectivity index is 2.55. The Labute approximate surface area is 134 Å². The molecule has 0 aromatic carbocycles. The lowest BCUT2D eigenvalue weighted by Crippen LogP contribution is -2.47. The number of imide groups is 1. The van der Waals surface area contributed by atoms with Crippen molar-refractivity contribution >= 4 is 35.1 Å². The van der Waals surface area contributed by atoms with Gasteiger partial charge in [0.05, 0.1) is 17.6 Å². The number of carbonyl (C=O) groups is 2. The fraction of sp³-hybridized carbons (Fsp3) is 0.429. The fourth-order valence-electron chi connectivity index (χ4n) is 1.72. The minimum Gasteiger partial charge on any atom is -0.373 e. The summed E-state index contributed by atoms with van der Waals surface area (Å²) in [6, 6.07) is 2.43. The summed E-state index contributed by atoms with van der Waals surface area (Å²) in [7, 11) is 0. The van der Waals surface area contributed by atoms with Gasteiger partial charge >= 0.3 is 0 Å². The molecule has 120 valence electrons. The molecule has 1 rings (SSSR count). The first-order chi connectivity index (χ1) is 10.4. The van der Waals surface area contributed by atoms with Crippen molar-refractivity contribution in [1.82, 2.24) is 10.3 Å². The summed E-state index contributed by atoms with van der Waals surface area (Å²) in [6.45, 7) is 3.63. The zero-order valence-electron chi connectivity index (χ0n) is 12.7. The van der Waals surface area contributed by atoms with Crippen molar-refractivity contribution in [1.29, 1.82) is 5.41 Å². The molecule has 0 unspecified atom stereocenters. The number of anilines is 1. The number of hydrogen-bond donors (Lipinski definition) is 3. The predicted molar refractivity (Wildman–Crippen MR) is 89.1 cm³/mol. The van der Waals surface area contributed by atoms with E-state index < -0.39 is 11.9 Å². The Kier molecular flexibility index (Phi) is 7.55. The Morgan fingerprint density at radius 1 is 1.41 bits per heavy atom. The number of amidine groups is 1. The maximum atomic E-state index is 12.4. The van der Waals surface area contributed by atoms with Gasteiger partial charge in [0.15, 0.2) is 0 Å². The smallest absolute Gasteiger partial charge is 0.251 e. The van der Waals surface area contributed by atoms with Gasteiger partial charge in [0.25, 0.3) is 5.91 Å². The molecule has 4 N–H and O–H groups in total. The van der Waals surface area contributed by atoms with Crippen molar-refractivity contribution in [3.05, 3.63) is 24.5 Å². The summed E-state index contributed by atoms with van der Waals surface area (Å²) in [5, 5.41) is 10.1. The molecule has 1 heterocycles. The highest BCUT2D eigenvalue weighted by atomic mass is 32.2. The fourth-order valence-corrected chi connectivity index (χ4v) is 2.53. The number of nitrogens with zero attached hydrogens (tertiary/aromatic N) is 2. The van der Waals surface area contributed by atoms with Gasteiger partial charge in [-0.3, -0.25) is 20.0 Å². The van der Waals surface area contributed by atoms with Crippen LogP contribution in [0.5, 0.6) is 0 Å². The predicted octanol–water partition coefficient (Wildman–Crippen LogP) is 0.608. The Morgan fingerprint density at radius 3 is 2.59 bits per heavy atom. The summed E-state index contributed by atoms with van der Waals surface area (Å²) in [6.07, 6.45) is 3.04. The molecule has 1 aromatic rings. The van der Waals surface area contributed by atoms with E-state index in [2.05, 4.69) is 10.3 Å². The Morgan fingerprint density at radius 2 is 2.05 bits per heavy atom. The van der Waals surface area contributed by atoms with E-state index in [0.717, 1.165) is 10.7 Å². The molecule has 8 heteroatoms. The first kappa shape index (κ1) is 18.1. The van der Waals surface area contributed by atoms with Crippen LogP contribution in [0.25, 0.3) is 0 Å². The standard InChI is InChI=1S/C14H21N5O2S/c1-10(15)18-7-8-22-9-13(16)14(21)19(11(2)20)12-3-5-17-6-4-12/h3-6,13H,7-9,16H2,1-2H3,(H2,15,18)/t13-/m0/s1. The minimum absolute atomic E-state index is 0.377. The number of aromatic nitrogens is 1. The molecule has 1 aromatic heterocycles. The number of amides is 2. The number of pyridine rings is 1. The van der Waals surface area contributed by atoms with Crippen LogP contribution in [-0.2, 0) is 9.59 Å². The highest BCUT2D eigenvalue weighted by Crippen LogP contribution is 2.14. The minimum atomic E-state index is -0.761. The normalized spacial score (nSPS) is 11.6.